The van der Waals surface area contributed by atoms with Crippen LogP contribution in [0.25, 0.3) is 0 Å². The van der Waals surface area contributed by atoms with Crippen molar-refractivity contribution < 1.29 is 19.1 Å². The second-order valence-electron chi connectivity index (χ2n) is 7.17. The monoisotopic (exact) mass is 395 g/mol. The maximum Gasteiger partial charge on any atom is 0.325 e. The smallest absolute Gasteiger partial charge is 0.325 e. The molecule has 1 saturated heterocycles. The van der Waals surface area contributed by atoms with E-state index < -0.39 is 23.4 Å². The number of nitrogens with one attached hydrogen (secondary N) is 2. The lowest BCUT2D eigenvalue weighted by Gasteiger charge is -2.22. The summed E-state index contributed by atoms with van der Waals surface area (Å²) in [5.41, 5.74) is 1.22. The molecular formula is C22H25N3O4. The number of carbonyl (C=O) groups is 3. The zero-order valence-electron chi connectivity index (χ0n) is 16.8. The first-order valence-electron chi connectivity index (χ1n) is 9.55. The number of amides is 4. The Kier molecular flexibility index (Phi) is 5.87. The molecule has 1 heterocycles. The van der Waals surface area contributed by atoms with Gasteiger partial charge in [-0.3, -0.25) is 14.5 Å². The highest BCUT2D eigenvalue weighted by molar-refractivity contribution is 6.10. The molecule has 29 heavy (non-hydrogen) atoms. The Labute approximate surface area is 170 Å². The van der Waals surface area contributed by atoms with Crippen LogP contribution < -0.4 is 15.4 Å². The van der Waals surface area contributed by atoms with Gasteiger partial charge in [0.25, 0.3) is 5.91 Å². The second kappa shape index (κ2) is 8.34. The van der Waals surface area contributed by atoms with E-state index in [1.54, 1.807) is 38.3 Å². The predicted octanol–water partition coefficient (Wildman–Crippen LogP) is 3.05. The van der Waals surface area contributed by atoms with Crippen LogP contribution in [0, 0.1) is 0 Å². The molecule has 3 rings (SSSR count). The molecule has 1 aliphatic heterocycles. The number of carbonyl (C=O) groups excluding carboxylic acids is 3. The summed E-state index contributed by atoms with van der Waals surface area (Å²) < 4.78 is 5.08. The predicted molar refractivity (Wildman–Crippen MR) is 110 cm³/mol. The van der Waals surface area contributed by atoms with E-state index in [2.05, 4.69) is 17.6 Å². The maximum atomic E-state index is 13.0. The van der Waals surface area contributed by atoms with E-state index in [-0.39, 0.29) is 6.54 Å². The number of nitrogens with zero attached hydrogens (tertiary/aromatic N) is 1. The molecule has 0 spiro atoms. The summed E-state index contributed by atoms with van der Waals surface area (Å²) in [6, 6.07) is 13.8. The number of benzene rings is 2. The third-order valence-electron chi connectivity index (χ3n) is 5.02. The molecule has 0 aromatic heterocycles. The largest absolute Gasteiger partial charge is 0.497 e. The van der Waals surface area contributed by atoms with E-state index in [0.717, 1.165) is 17.7 Å². The Morgan fingerprint density at radius 2 is 1.76 bits per heavy atom. The SMILES string of the molecule is CCCc1ccc([C@]2(C)NC(=O)N(CC(=O)Nc3ccc(OC)cc3)C2=O)cc1. The highest BCUT2D eigenvalue weighted by Gasteiger charge is 2.49. The van der Waals surface area contributed by atoms with Gasteiger partial charge < -0.3 is 15.4 Å². The van der Waals surface area contributed by atoms with Crippen molar-refractivity contribution in [2.24, 2.45) is 0 Å². The molecule has 0 aliphatic carbocycles. The Bertz CT molecular complexity index is 909. The zero-order valence-corrected chi connectivity index (χ0v) is 16.8. The molecule has 1 aliphatic rings. The summed E-state index contributed by atoms with van der Waals surface area (Å²) in [6.07, 6.45) is 1.98. The third-order valence-corrected chi connectivity index (χ3v) is 5.02. The fourth-order valence-electron chi connectivity index (χ4n) is 3.35. The third kappa shape index (κ3) is 4.23. The minimum absolute atomic E-state index is 0.361. The van der Waals surface area contributed by atoms with Crippen LogP contribution in [0.2, 0.25) is 0 Å². The van der Waals surface area contributed by atoms with Gasteiger partial charge in [-0.25, -0.2) is 4.79 Å². The summed E-state index contributed by atoms with van der Waals surface area (Å²) >= 11 is 0. The quantitative estimate of drug-likeness (QED) is 0.706. The van der Waals surface area contributed by atoms with Gasteiger partial charge in [-0.05, 0) is 48.7 Å². The number of urea groups is 1. The van der Waals surface area contributed by atoms with Gasteiger partial charge in [0, 0.05) is 5.69 Å². The summed E-state index contributed by atoms with van der Waals surface area (Å²) in [5.74, 6) is -0.241. The molecular weight excluding hydrogens is 370 g/mol. The first-order valence-corrected chi connectivity index (χ1v) is 9.55. The lowest BCUT2D eigenvalue weighted by molar-refractivity contribution is -0.133. The molecule has 7 nitrogen and oxygen atoms in total. The van der Waals surface area contributed by atoms with Gasteiger partial charge in [0.1, 0.15) is 17.8 Å². The highest BCUT2D eigenvalue weighted by atomic mass is 16.5. The standard InChI is InChI=1S/C22H25N3O4/c1-4-5-15-6-8-16(9-7-15)22(2)20(27)25(21(28)24-22)14-19(26)23-17-10-12-18(29-3)13-11-17/h6-13H,4-5,14H2,1-3H3,(H,23,26)(H,24,28)/t22-/m0/s1. The van der Waals surface area contributed by atoms with Gasteiger partial charge in [-0.2, -0.15) is 0 Å². The van der Waals surface area contributed by atoms with E-state index in [9.17, 15) is 14.4 Å². The van der Waals surface area contributed by atoms with Crippen LogP contribution in [-0.2, 0) is 21.5 Å². The van der Waals surface area contributed by atoms with Crippen molar-refractivity contribution >= 4 is 23.5 Å². The van der Waals surface area contributed by atoms with Crippen LogP contribution in [0.15, 0.2) is 48.5 Å². The highest BCUT2D eigenvalue weighted by Crippen LogP contribution is 2.29. The molecule has 0 unspecified atom stereocenters. The van der Waals surface area contributed by atoms with Crippen LogP contribution in [0.4, 0.5) is 10.5 Å². The molecule has 2 aromatic carbocycles. The first-order chi connectivity index (χ1) is 13.9. The number of ether oxygens (including phenoxy) is 1. The molecule has 2 aromatic rings. The molecule has 7 heteroatoms. The van der Waals surface area contributed by atoms with Crippen LogP contribution in [0.3, 0.4) is 0 Å². The van der Waals surface area contributed by atoms with Gasteiger partial charge in [0.15, 0.2) is 0 Å². The molecule has 152 valence electrons. The van der Waals surface area contributed by atoms with Crippen molar-refractivity contribution in [3.8, 4) is 5.75 Å². The normalized spacial score (nSPS) is 18.5. The molecule has 4 amide bonds. The van der Waals surface area contributed by atoms with E-state index in [1.165, 1.54) is 5.56 Å². The number of hydrogen-bond donors (Lipinski definition) is 2. The summed E-state index contributed by atoms with van der Waals surface area (Å²) in [6.45, 7) is 3.40. The minimum Gasteiger partial charge on any atom is -0.497 e. The minimum atomic E-state index is -1.19. The maximum absolute atomic E-state index is 13.0. The Morgan fingerprint density at radius 1 is 1.10 bits per heavy atom. The average molecular weight is 395 g/mol. The molecule has 0 radical (unpaired) electrons. The number of hydrogen-bond acceptors (Lipinski definition) is 4. The van der Waals surface area contributed by atoms with E-state index in [4.69, 9.17) is 4.74 Å². The van der Waals surface area contributed by atoms with Crippen LogP contribution >= 0.6 is 0 Å². The Balaban J connectivity index is 1.69. The molecule has 0 bridgehead atoms. The van der Waals surface area contributed by atoms with Gasteiger partial charge in [-0.15, -0.1) is 0 Å². The second-order valence-corrected chi connectivity index (χ2v) is 7.17. The summed E-state index contributed by atoms with van der Waals surface area (Å²) in [7, 11) is 1.56. The molecule has 1 atom stereocenters. The van der Waals surface area contributed by atoms with Crippen molar-refractivity contribution in [3.05, 3.63) is 59.7 Å². The number of imide groups is 1. The zero-order chi connectivity index (χ0) is 21.0. The Hall–Kier alpha value is -3.35. The fourth-order valence-corrected chi connectivity index (χ4v) is 3.35. The van der Waals surface area contributed by atoms with Gasteiger partial charge in [0.05, 0.1) is 7.11 Å². The van der Waals surface area contributed by atoms with E-state index >= 15 is 0 Å². The number of methoxy groups -OCH3 is 1. The molecule has 1 fully saturated rings. The fraction of sp³-hybridized carbons (Fsp3) is 0.318. The van der Waals surface area contributed by atoms with E-state index in [1.807, 2.05) is 24.3 Å². The van der Waals surface area contributed by atoms with Gasteiger partial charge in [-0.1, -0.05) is 37.6 Å². The van der Waals surface area contributed by atoms with Crippen molar-refractivity contribution in [1.29, 1.82) is 0 Å². The van der Waals surface area contributed by atoms with Crippen molar-refractivity contribution in [1.82, 2.24) is 10.2 Å². The van der Waals surface area contributed by atoms with Gasteiger partial charge >= 0.3 is 6.03 Å². The van der Waals surface area contributed by atoms with Crippen molar-refractivity contribution in [2.45, 2.75) is 32.2 Å². The Morgan fingerprint density at radius 3 is 2.34 bits per heavy atom. The lowest BCUT2D eigenvalue weighted by atomic mass is 9.91. The number of anilines is 1. The average Bonchev–Trinajstić information content (AvgIpc) is 2.93. The van der Waals surface area contributed by atoms with Crippen LogP contribution in [0.1, 0.15) is 31.4 Å². The van der Waals surface area contributed by atoms with Gasteiger partial charge in [0.2, 0.25) is 5.91 Å². The summed E-state index contributed by atoms with van der Waals surface area (Å²) in [4.78, 5) is 38.7. The van der Waals surface area contributed by atoms with Crippen LogP contribution in [-0.4, -0.2) is 36.4 Å². The van der Waals surface area contributed by atoms with Crippen molar-refractivity contribution in [3.63, 3.8) is 0 Å². The topological polar surface area (TPSA) is 87.7 Å². The lowest BCUT2D eigenvalue weighted by Crippen LogP contribution is -2.42. The van der Waals surface area contributed by atoms with Crippen molar-refractivity contribution in [2.75, 3.05) is 19.0 Å². The molecule has 2 N–H and O–H groups in total. The van der Waals surface area contributed by atoms with Crippen LogP contribution in [0.5, 0.6) is 5.75 Å². The van der Waals surface area contributed by atoms with E-state index in [0.29, 0.717) is 17.0 Å². The number of aryl methyl sites for hydroxylation is 1. The summed E-state index contributed by atoms with van der Waals surface area (Å²) in [5, 5.41) is 5.40. The number of rotatable bonds is 7. The molecule has 0 saturated carbocycles. The first kappa shape index (κ1) is 20.4.